The van der Waals surface area contributed by atoms with Gasteiger partial charge in [0.25, 0.3) is 0 Å². The quantitative estimate of drug-likeness (QED) is 0.673. The van der Waals surface area contributed by atoms with Crippen LogP contribution in [0, 0.1) is 28.6 Å². The fraction of sp³-hybridized carbons (Fsp3) is 0.909. The molecule has 0 bridgehead atoms. The first kappa shape index (κ1) is 19.2. The standard InChI is InChI=1S/C22H34O5/c1-13(23)25-18-8-6-16-15-5-7-19-22(4,17(15)9-11-21(16,18)3)12-10-20(27-19)26-14(2)24/h15-20H,5-12H2,1-4H3/t15-,16-,17-,18-,19-,20-,21+,22-/m1/s1. The van der Waals surface area contributed by atoms with E-state index >= 15 is 0 Å². The van der Waals surface area contributed by atoms with Crippen molar-refractivity contribution in [1.82, 2.24) is 0 Å². The van der Waals surface area contributed by atoms with Gasteiger partial charge in [0, 0.05) is 25.7 Å². The number of carbonyl (C=O) groups excluding carboxylic acids is 2. The lowest BCUT2D eigenvalue weighted by Gasteiger charge is -2.60. The molecule has 4 aliphatic rings. The summed E-state index contributed by atoms with van der Waals surface area (Å²) in [6, 6.07) is 0. The molecule has 3 aliphatic carbocycles. The summed E-state index contributed by atoms with van der Waals surface area (Å²) in [6.07, 6.45) is 8.48. The summed E-state index contributed by atoms with van der Waals surface area (Å²) in [6.45, 7) is 7.75. The van der Waals surface area contributed by atoms with Crippen LogP contribution in [0.3, 0.4) is 0 Å². The predicted molar refractivity (Wildman–Crippen MR) is 99.6 cm³/mol. The van der Waals surface area contributed by atoms with Gasteiger partial charge in [0.2, 0.25) is 6.29 Å². The summed E-state index contributed by atoms with van der Waals surface area (Å²) in [7, 11) is 0. The molecule has 8 atom stereocenters. The Hall–Kier alpha value is -1.10. The third-order valence-corrected chi connectivity index (χ3v) is 8.54. The Morgan fingerprint density at radius 3 is 2.19 bits per heavy atom. The lowest BCUT2D eigenvalue weighted by molar-refractivity contribution is -0.257. The molecule has 5 nitrogen and oxygen atoms in total. The maximum absolute atomic E-state index is 11.6. The molecule has 1 heterocycles. The first-order chi connectivity index (χ1) is 12.7. The Kier molecular flexibility index (Phi) is 4.81. The molecule has 3 saturated carbocycles. The van der Waals surface area contributed by atoms with Crippen molar-refractivity contribution in [2.75, 3.05) is 0 Å². The second kappa shape index (κ2) is 6.75. The Balaban J connectivity index is 1.51. The van der Waals surface area contributed by atoms with Crippen molar-refractivity contribution in [2.45, 2.75) is 97.6 Å². The van der Waals surface area contributed by atoms with E-state index in [-0.39, 0.29) is 41.3 Å². The fourth-order valence-corrected chi connectivity index (χ4v) is 7.29. The van der Waals surface area contributed by atoms with Crippen LogP contribution in [0.1, 0.15) is 79.1 Å². The highest BCUT2D eigenvalue weighted by Crippen LogP contribution is 2.65. The Bertz CT molecular complexity index is 618. The van der Waals surface area contributed by atoms with E-state index in [1.807, 2.05) is 0 Å². The molecular weight excluding hydrogens is 344 g/mol. The zero-order valence-electron chi connectivity index (χ0n) is 17.2. The molecule has 0 amide bonds. The molecule has 27 heavy (non-hydrogen) atoms. The summed E-state index contributed by atoms with van der Waals surface area (Å²) >= 11 is 0. The highest BCUT2D eigenvalue weighted by Gasteiger charge is 2.61. The highest BCUT2D eigenvalue weighted by atomic mass is 16.7. The molecule has 1 saturated heterocycles. The minimum absolute atomic E-state index is 0.0856. The number of hydrogen-bond acceptors (Lipinski definition) is 5. The molecule has 0 aromatic carbocycles. The summed E-state index contributed by atoms with van der Waals surface area (Å²) in [5.41, 5.74) is 0.298. The van der Waals surface area contributed by atoms with Crippen molar-refractivity contribution in [3.63, 3.8) is 0 Å². The van der Waals surface area contributed by atoms with E-state index < -0.39 is 0 Å². The van der Waals surface area contributed by atoms with Gasteiger partial charge in [-0.25, -0.2) is 0 Å². The van der Waals surface area contributed by atoms with Gasteiger partial charge in [-0.2, -0.15) is 0 Å². The van der Waals surface area contributed by atoms with Gasteiger partial charge < -0.3 is 14.2 Å². The van der Waals surface area contributed by atoms with E-state index in [4.69, 9.17) is 14.2 Å². The number of hydrogen-bond donors (Lipinski definition) is 0. The molecular formula is C22H34O5. The van der Waals surface area contributed by atoms with Crippen LogP contribution in [0.2, 0.25) is 0 Å². The minimum Gasteiger partial charge on any atom is -0.462 e. The predicted octanol–water partition coefficient (Wildman–Crippen LogP) is 4.23. The maximum Gasteiger partial charge on any atom is 0.304 e. The first-order valence-electron chi connectivity index (χ1n) is 10.7. The van der Waals surface area contributed by atoms with Crippen LogP contribution >= 0.6 is 0 Å². The van der Waals surface area contributed by atoms with Gasteiger partial charge in [0.1, 0.15) is 6.10 Å². The third-order valence-electron chi connectivity index (χ3n) is 8.54. The van der Waals surface area contributed by atoms with Gasteiger partial charge in [-0.3, -0.25) is 9.59 Å². The SMILES string of the molecule is CC(=O)O[C@H]1CC[C@]2(C)[C@@H]3CC[C@@]4(C)[C@H](CC[C@H]4OC(C)=O)[C@H]3CC[C@H]2O1. The average molecular weight is 379 g/mol. The molecule has 0 aromatic heterocycles. The van der Waals surface area contributed by atoms with Crippen molar-refractivity contribution in [1.29, 1.82) is 0 Å². The number of rotatable bonds is 2. The van der Waals surface area contributed by atoms with E-state index in [1.165, 1.54) is 33.1 Å². The molecule has 0 aromatic rings. The van der Waals surface area contributed by atoms with E-state index in [9.17, 15) is 9.59 Å². The molecule has 0 spiro atoms. The summed E-state index contributed by atoms with van der Waals surface area (Å²) in [4.78, 5) is 22.9. The van der Waals surface area contributed by atoms with Gasteiger partial charge in [-0.1, -0.05) is 13.8 Å². The molecule has 4 fully saturated rings. The maximum atomic E-state index is 11.6. The van der Waals surface area contributed by atoms with Crippen molar-refractivity contribution < 1.29 is 23.8 Å². The van der Waals surface area contributed by atoms with Crippen molar-refractivity contribution in [3.8, 4) is 0 Å². The van der Waals surface area contributed by atoms with Crippen LogP contribution in [0.4, 0.5) is 0 Å². The zero-order valence-corrected chi connectivity index (χ0v) is 17.2. The zero-order chi connectivity index (χ0) is 19.4. The molecule has 1 aliphatic heterocycles. The number of esters is 2. The first-order valence-corrected chi connectivity index (χ1v) is 10.7. The molecule has 0 unspecified atom stereocenters. The molecule has 152 valence electrons. The van der Waals surface area contributed by atoms with Gasteiger partial charge >= 0.3 is 11.9 Å². The van der Waals surface area contributed by atoms with Crippen molar-refractivity contribution >= 4 is 11.9 Å². The largest absolute Gasteiger partial charge is 0.462 e. The summed E-state index contributed by atoms with van der Waals surface area (Å²) < 4.78 is 17.3. The third kappa shape index (κ3) is 3.10. The van der Waals surface area contributed by atoms with Crippen LogP contribution in [-0.4, -0.2) is 30.4 Å². The Morgan fingerprint density at radius 1 is 0.815 bits per heavy atom. The van der Waals surface area contributed by atoms with Crippen LogP contribution in [0.15, 0.2) is 0 Å². The normalized spacial score (nSPS) is 48.7. The number of carbonyl (C=O) groups is 2. The van der Waals surface area contributed by atoms with Gasteiger partial charge in [-0.05, 0) is 68.1 Å². The topological polar surface area (TPSA) is 61.8 Å². The van der Waals surface area contributed by atoms with E-state index in [2.05, 4.69) is 13.8 Å². The molecule has 4 rings (SSSR count). The number of fused-ring (bicyclic) bond motifs is 5. The second-order valence-electron chi connectivity index (χ2n) is 9.88. The Labute approximate surface area is 162 Å². The Morgan fingerprint density at radius 2 is 1.48 bits per heavy atom. The van der Waals surface area contributed by atoms with Gasteiger partial charge in [0.05, 0.1) is 6.10 Å². The smallest absolute Gasteiger partial charge is 0.304 e. The van der Waals surface area contributed by atoms with Crippen LogP contribution in [0.5, 0.6) is 0 Å². The molecule has 5 heteroatoms. The minimum atomic E-state index is -0.370. The van der Waals surface area contributed by atoms with E-state index in [0.29, 0.717) is 17.8 Å². The van der Waals surface area contributed by atoms with E-state index in [0.717, 1.165) is 32.1 Å². The van der Waals surface area contributed by atoms with Crippen LogP contribution < -0.4 is 0 Å². The van der Waals surface area contributed by atoms with E-state index in [1.54, 1.807) is 0 Å². The summed E-state index contributed by atoms with van der Waals surface area (Å²) in [5.74, 6) is 1.60. The average Bonchev–Trinajstić information content (AvgIpc) is 2.91. The number of ether oxygens (including phenoxy) is 3. The second-order valence-corrected chi connectivity index (χ2v) is 9.88. The fourth-order valence-electron chi connectivity index (χ4n) is 7.29. The van der Waals surface area contributed by atoms with Crippen LogP contribution in [0.25, 0.3) is 0 Å². The van der Waals surface area contributed by atoms with Crippen LogP contribution in [-0.2, 0) is 23.8 Å². The summed E-state index contributed by atoms with van der Waals surface area (Å²) in [5, 5.41) is 0. The lowest BCUT2D eigenvalue weighted by atomic mass is 9.48. The van der Waals surface area contributed by atoms with Crippen molar-refractivity contribution in [2.24, 2.45) is 28.6 Å². The molecule has 0 radical (unpaired) electrons. The van der Waals surface area contributed by atoms with Gasteiger partial charge in [0.15, 0.2) is 0 Å². The molecule has 0 N–H and O–H groups in total. The highest BCUT2D eigenvalue weighted by molar-refractivity contribution is 5.66. The monoisotopic (exact) mass is 378 g/mol. The van der Waals surface area contributed by atoms with Gasteiger partial charge in [-0.15, -0.1) is 0 Å². The lowest BCUT2D eigenvalue weighted by Crippen LogP contribution is -2.57. The van der Waals surface area contributed by atoms with Crippen molar-refractivity contribution in [3.05, 3.63) is 0 Å².